The van der Waals surface area contributed by atoms with Crippen LogP contribution < -0.4 is 0 Å². The van der Waals surface area contributed by atoms with Gasteiger partial charge in [0.2, 0.25) is 0 Å². The van der Waals surface area contributed by atoms with Crippen molar-refractivity contribution in [1.82, 2.24) is 0 Å². The third kappa shape index (κ3) is 2.46. The second kappa shape index (κ2) is 4.59. The molecule has 4 nitrogen and oxygen atoms in total. The van der Waals surface area contributed by atoms with Gasteiger partial charge in [0.05, 0.1) is 12.2 Å². The third-order valence-electron chi connectivity index (χ3n) is 2.36. The highest BCUT2D eigenvalue weighted by atomic mass is 17.2. The number of hydrogen-bond donors (Lipinski definition) is 0. The van der Waals surface area contributed by atoms with Gasteiger partial charge in [-0.15, -0.1) is 0 Å². The zero-order chi connectivity index (χ0) is 10.7. The largest absolute Gasteiger partial charge is 0.371 e. The zero-order valence-electron chi connectivity index (χ0n) is 8.64. The first-order valence-electron chi connectivity index (χ1n) is 5.20. The molecule has 2 unspecified atom stereocenters. The fraction of sp³-hybridized carbons (Fsp3) is 0.545. The van der Waals surface area contributed by atoms with E-state index in [1.54, 1.807) is 12.2 Å². The third-order valence-corrected chi connectivity index (χ3v) is 2.36. The lowest BCUT2D eigenvalue weighted by molar-refractivity contribution is -0.268. The summed E-state index contributed by atoms with van der Waals surface area (Å²) < 4.78 is 5.23. The van der Waals surface area contributed by atoms with E-state index in [0.717, 1.165) is 12.8 Å². The lowest BCUT2D eigenvalue weighted by Crippen LogP contribution is -2.15. The van der Waals surface area contributed by atoms with Crippen LogP contribution in [0.15, 0.2) is 23.8 Å². The van der Waals surface area contributed by atoms with Crippen LogP contribution in [0, 0.1) is 0 Å². The number of carbonyl (C=O) groups is 1. The van der Waals surface area contributed by atoms with Crippen molar-refractivity contribution in [2.75, 3.05) is 6.61 Å². The Morgan fingerprint density at radius 2 is 2.47 bits per heavy atom. The molecule has 82 valence electrons. The summed E-state index contributed by atoms with van der Waals surface area (Å²) in [4.78, 5) is 20.9. The minimum absolute atomic E-state index is 0.0631. The monoisotopic (exact) mass is 210 g/mol. The molecule has 15 heavy (non-hydrogen) atoms. The van der Waals surface area contributed by atoms with Gasteiger partial charge in [-0.2, -0.15) is 4.89 Å². The SMILES string of the molecule is CCCCOOC(=O)C1=CC=CC2OC12. The van der Waals surface area contributed by atoms with Crippen molar-refractivity contribution >= 4 is 5.97 Å². The number of hydrogen-bond acceptors (Lipinski definition) is 4. The first-order chi connectivity index (χ1) is 7.33. The Labute approximate surface area is 88.4 Å². The molecule has 0 aromatic carbocycles. The van der Waals surface area contributed by atoms with Crippen LogP contribution in [0.5, 0.6) is 0 Å². The maximum atomic E-state index is 11.5. The van der Waals surface area contributed by atoms with E-state index in [0.29, 0.717) is 12.2 Å². The Morgan fingerprint density at radius 3 is 3.27 bits per heavy atom. The van der Waals surface area contributed by atoms with Gasteiger partial charge in [-0.25, -0.2) is 4.79 Å². The van der Waals surface area contributed by atoms with E-state index >= 15 is 0 Å². The number of unbranched alkanes of at least 4 members (excludes halogenated alkanes) is 1. The van der Waals surface area contributed by atoms with Crippen molar-refractivity contribution < 1.29 is 19.3 Å². The smallest absolute Gasteiger partial charge is 0.360 e. The Kier molecular flexibility index (Phi) is 3.18. The predicted molar refractivity (Wildman–Crippen MR) is 52.8 cm³/mol. The second-order valence-electron chi connectivity index (χ2n) is 3.57. The van der Waals surface area contributed by atoms with Gasteiger partial charge in [0.25, 0.3) is 0 Å². The summed E-state index contributed by atoms with van der Waals surface area (Å²) >= 11 is 0. The molecule has 0 spiro atoms. The molecule has 2 atom stereocenters. The maximum absolute atomic E-state index is 11.5. The summed E-state index contributed by atoms with van der Waals surface area (Å²) in [6.07, 6.45) is 7.27. The van der Waals surface area contributed by atoms with E-state index in [4.69, 9.17) is 9.62 Å². The Bertz CT molecular complexity index is 306. The van der Waals surface area contributed by atoms with Gasteiger partial charge in [0, 0.05) is 0 Å². The average Bonchev–Trinajstić information content (AvgIpc) is 3.02. The van der Waals surface area contributed by atoms with E-state index in [1.807, 2.05) is 13.0 Å². The van der Waals surface area contributed by atoms with Crippen molar-refractivity contribution in [3.05, 3.63) is 23.8 Å². The highest BCUT2D eigenvalue weighted by Gasteiger charge is 2.44. The van der Waals surface area contributed by atoms with Crippen molar-refractivity contribution in [2.45, 2.75) is 32.0 Å². The normalized spacial score (nSPS) is 26.9. The summed E-state index contributed by atoms with van der Waals surface area (Å²) in [7, 11) is 0. The summed E-state index contributed by atoms with van der Waals surface area (Å²) in [5, 5.41) is 0. The van der Waals surface area contributed by atoms with Gasteiger partial charge in [0.15, 0.2) is 0 Å². The van der Waals surface area contributed by atoms with Crippen LogP contribution in [-0.2, 0) is 19.3 Å². The van der Waals surface area contributed by atoms with Gasteiger partial charge in [-0.05, 0) is 12.5 Å². The number of ether oxygens (including phenoxy) is 1. The standard InChI is InChI=1S/C11H14O4/c1-2-3-7-13-15-11(12)8-5-4-6-9-10(8)14-9/h4-6,9-10H,2-3,7H2,1H3. The molecule has 2 aliphatic rings. The van der Waals surface area contributed by atoms with E-state index in [9.17, 15) is 4.79 Å². The van der Waals surface area contributed by atoms with Crippen molar-refractivity contribution in [2.24, 2.45) is 0 Å². The quantitative estimate of drug-likeness (QED) is 0.299. The lowest BCUT2D eigenvalue weighted by Gasteiger charge is -2.05. The fourth-order valence-corrected chi connectivity index (χ4v) is 1.41. The summed E-state index contributed by atoms with van der Waals surface area (Å²) in [5.74, 6) is -0.442. The van der Waals surface area contributed by atoms with Crippen LogP contribution in [0.1, 0.15) is 19.8 Å². The predicted octanol–water partition coefficient (Wildman–Crippen LogP) is 1.52. The van der Waals surface area contributed by atoms with Crippen LogP contribution in [0.2, 0.25) is 0 Å². The van der Waals surface area contributed by atoms with Gasteiger partial charge in [-0.3, -0.25) is 4.89 Å². The van der Waals surface area contributed by atoms with Crippen molar-refractivity contribution in [3.63, 3.8) is 0 Å². The molecular formula is C11H14O4. The maximum Gasteiger partial charge on any atom is 0.371 e. The molecule has 1 saturated heterocycles. The zero-order valence-corrected chi connectivity index (χ0v) is 8.64. The van der Waals surface area contributed by atoms with Crippen LogP contribution in [0.4, 0.5) is 0 Å². The molecule has 2 rings (SSSR count). The van der Waals surface area contributed by atoms with Crippen molar-refractivity contribution in [3.8, 4) is 0 Å². The molecule has 0 aromatic heterocycles. The Morgan fingerprint density at radius 1 is 1.60 bits per heavy atom. The van der Waals surface area contributed by atoms with Crippen LogP contribution in [0.25, 0.3) is 0 Å². The fourth-order valence-electron chi connectivity index (χ4n) is 1.41. The molecule has 4 heteroatoms. The molecule has 0 N–H and O–H groups in total. The molecule has 0 radical (unpaired) electrons. The first kappa shape index (κ1) is 10.4. The summed E-state index contributed by atoms with van der Waals surface area (Å²) in [6.45, 7) is 2.49. The van der Waals surface area contributed by atoms with Crippen LogP contribution in [0.3, 0.4) is 0 Å². The summed E-state index contributed by atoms with van der Waals surface area (Å²) in [6, 6.07) is 0. The number of rotatable bonds is 5. The molecule has 0 amide bonds. The van der Waals surface area contributed by atoms with Gasteiger partial charge >= 0.3 is 5.97 Å². The topological polar surface area (TPSA) is 48.1 Å². The van der Waals surface area contributed by atoms with Crippen molar-refractivity contribution in [1.29, 1.82) is 0 Å². The number of allylic oxidation sites excluding steroid dienone is 2. The molecule has 1 aliphatic carbocycles. The molecule has 1 fully saturated rings. The highest BCUT2D eigenvalue weighted by molar-refractivity contribution is 5.90. The van der Waals surface area contributed by atoms with Crippen LogP contribution >= 0.6 is 0 Å². The lowest BCUT2D eigenvalue weighted by atomic mass is 10.1. The first-order valence-corrected chi connectivity index (χ1v) is 5.20. The minimum atomic E-state index is -0.442. The molecule has 1 heterocycles. The van der Waals surface area contributed by atoms with Gasteiger partial charge in [-0.1, -0.05) is 25.5 Å². The molecule has 0 saturated carbocycles. The van der Waals surface area contributed by atoms with Crippen LogP contribution in [-0.4, -0.2) is 24.8 Å². The van der Waals surface area contributed by atoms with Gasteiger partial charge < -0.3 is 4.74 Å². The van der Waals surface area contributed by atoms with E-state index in [1.165, 1.54) is 0 Å². The molecule has 1 aliphatic heterocycles. The molecular weight excluding hydrogens is 196 g/mol. The van der Waals surface area contributed by atoms with E-state index in [-0.39, 0.29) is 12.2 Å². The number of fused-ring (bicyclic) bond motifs is 1. The summed E-state index contributed by atoms with van der Waals surface area (Å²) in [5.41, 5.74) is 0.541. The number of carbonyl (C=O) groups excluding carboxylic acids is 1. The molecule has 0 aromatic rings. The Balaban J connectivity index is 1.76. The average molecular weight is 210 g/mol. The minimum Gasteiger partial charge on any atom is -0.360 e. The Hall–Kier alpha value is -1.13. The van der Waals surface area contributed by atoms with E-state index in [2.05, 4.69) is 4.89 Å². The molecule has 0 bridgehead atoms. The van der Waals surface area contributed by atoms with E-state index < -0.39 is 5.97 Å². The number of epoxide rings is 1. The van der Waals surface area contributed by atoms with Gasteiger partial charge in [0.1, 0.15) is 12.2 Å². The second-order valence-corrected chi connectivity index (χ2v) is 3.57. The highest BCUT2D eigenvalue weighted by Crippen LogP contribution is 2.33.